The van der Waals surface area contributed by atoms with E-state index in [9.17, 15) is 0 Å². The van der Waals surface area contributed by atoms with Gasteiger partial charge in [-0.3, -0.25) is 4.90 Å². The van der Waals surface area contributed by atoms with Gasteiger partial charge in [-0.15, -0.1) is 0 Å². The zero-order valence-electron chi connectivity index (χ0n) is 17.8. The summed E-state index contributed by atoms with van der Waals surface area (Å²) in [6.45, 7) is 8.42. The van der Waals surface area contributed by atoms with Crippen LogP contribution in [0.15, 0.2) is 60.7 Å². The van der Waals surface area contributed by atoms with Crippen molar-refractivity contribution in [3.05, 3.63) is 71.8 Å². The summed E-state index contributed by atoms with van der Waals surface area (Å²) in [5, 5.41) is 3.83. The maximum atomic E-state index is 3.83. The topological polar surface area (TPSA) is 18.5 Å². The molecule has 2 aromatic carbocycles. The average Bonchev–Trinajstić information content (AvgIpc) is 3.21. The molecule has 0 saturated carbocycles. The van der Waals surface area contributed by atoms with Crippen molar-refractivity contribution in [1.29, 1.82) is 0 Å². The number of nitrogens with zero attached hydrogens (tertiary/aromatic N) is 2. The molecule has 2 unspecified atom stereocenters. The average molecular weight is 392 g/mol. The minimum absolute atomic E-state index is 0.664. The molecule has 0 bridgehead atoms. The monoisotopic (exact) mass is 391 g/mol. The molecule has 0 spiro atoms. The Bertz CT molecular complexity index is 702. The molecule has 2 aliphatic rings. The summed E-state index contributed by atoms with van der Waals surface area (Å²) in [5.74, 6) is 0.872. The minimum atomic E-state index is 0.664. The van der Waals surface area contributed by atoms with Crippen LogP contribution in [0.3, 0.4) is 0 Å². The smallest absolute Gasteiger partial charge is 0.0234 e. The van der Waals surface area contributed by atoms with Gasteiger partial charge in [-0.05, 0) is 55.7 Å². The molecule has 0 amide bonds. The Morgan fingerprint density at radius 2 is 1.55 bits per heavy atom. The fraction of sp³-hybridized carbons (Fsp3) is 0.538. The number of hydrogen-bond donors (Lipinski definition) is 1. The van der Waals surface area contributed by atoms with Gasteiger partial charge in [0.15, 0.2) is 0 Å². The molecule has 4 rings (SSSR count). The second-order valence-electron chi connectivity index (χ2n) is 8.99. The van der Waals surface area contributed by atoms with Crippen molar-refractivity contribution < 1.29 is 0 Å². The molecule has 0 aliphatic carbocycles. The first kappa shape index (κ1) is 20.6. The molecule has 2 atom stereocenters. The van der Waals surface area contributed by atoms with E-state index in [1.807, 2.05) is 0 Å². The number of aryl methyl sites for hydroxylation is 1. The van der Waals surface area contributed by atoms with E-state index in [0.717, 1.165) is 19.0 Å². The summed E-state index contributed by atoms with van der Waals surface area (Å²) < 4.78 is 0. The number of likely N-dealkylation sites (tertiary alicyclic amines) is 2. The lowest BCUT2D eigenvalue weighted by atomic mass is 9.91. The highest BCUT2D eigenvalue weighted by atomic mass is 15.2. The zero-order chi connectivity index (χ0) is 19.7. The maximum absolute atomic E-state index is 3.83. The summed E-state index contributed by atoms with van der Waals surface area (Å²) in [6.07, 6.45) is 6.63. The van der Waals surface area contributed by atoms with Gasteiger partial charge in [0.2, 0.25) is 0 Å². The van der Waals surface area contributed by atoms with E-state index in [1.54, 1.807) is 0 Å². The van der Waals surface area contributed by atoms with Gasteiger partial charge in [0.25, 0.3) is 0 Å². The third kappa shape index (κ3) is 6.67. The molecule has 3 heteroatoms. The maximum Gasteiger partial charge on any atom is 0.0234 e. The van der Waals surface area contributed by atoms with E-state index in [1.165, 1.54) is 76.0 Å². The lowest BCUT2D eigenvalue weighted by Gasteiger charge is -2.33. The summed E-state index contributed by atoms with van der Waals surface area (Å²) in [4.78, 5) is 5.29. The first-order valence-corrected chi connectivity index (χ1v) is 11.6. The molecule has 2 fully saturated rings. The third-order valence-corrected chi connectivity index (χ3v) is 6.67. The standard InChI is InChI=1S/C26H37N3/c1-3-8-23(9-4-1)13-14-25-12-7-17-28(20-25)19-16-27-26-15-18-29(22-26)21-24-10-5-2-6-11-24/h1-6,8-11,25-27H,7,12-22H2. The molecule has 0 radical (unpaired) electrons. The second kappa shape index (κ2) is 10.9. The van der Waals surface area contributed by atoms with E-state index >= 15 is 0 Å². The SMILES string of the molecule is c1ccc(CCC2CCCN(CCNC3CCN(Cc4ccccc4)C3)C2)cc1. The fourth-order valence-corrected chi connectivity index (χ4v) is 5.02. The molecule has 2 aliphatic heterocycles. The highest BCUT2D eigenvalue weighted by Gasteiger charge is 2.23. The summed E-state index contributed by atoms with van der Waals surface area (Å²) in [6, 6.07) is 22.5. The van der Waals surface area contributed by atoms with E-state index in [4.69, 9.17) is 0 Å². The lowest BCUT2D eigenvalue weighted by Crippen LogP contribution is -2.42. The van der Waals surface area contributed by atoms with E-state index in [2.05, 4.69) is 75.8 Å². The van der Waals surface area contributed by atoms with Crippen LogP contribution >= 0.6 is 0 Å². The van der Waals surface area contributed by atoms with Gasteiger partial charge < -0.3 is 10.2 Å². The van der Waals surface area contributed by atoms with Crippen LogP contribution in [-0.2, 0) is 13.0 Å². The third-order valence-electron chi connectivity index (χ3n) is 6.67. The molecule has 2 aromatic rings. The molecular formula is C26H37N3. The Kier molecular flexibility index (Phi) is 7.75. The van der Waals surface area contributed by atoms with Crippen molar-refractivity contribution in [3.63, 3.8) is 0 Å². The predicted octanol–water partition coefficient (Wildman–Crippen LogP) is 4.20. The molecule has 1 N–H and O–H groups in total. The zero-order valence-corrected chi connectivity index (χ0v) is 17.8. The van der Waals surface area contributed by atoms with Crippen LogP contribution in [0.5, 0.6) is 0 Å². The van der Waals surface area contributed by atoms with Crippen molar-refractivity contribution in [2.45, 2.75) is 44.7 Å². The van der Waals surface area contributed by atoms with Crippen molar-refractivity contribution in [1.82, 2.24) is 15.1 Å². The van der Waals surface area contributed by atoms with E-state index in [-0.39, 0.29) is 0 Å². The molecular weight excluding hydrogens is 354 g/mol. The molecule has 156 valence electrons. The van der Waals surface area contributed by atoms with Crippen LogP contribution in [-0.4, -0.2) is 55.1 Å². The van der Waals surface area contributed by atoms with Crippen LogP contribution in [0.4, 0.5) is 0 Å². The first-order chi connectivity index (χ1) is 14.3. The van der Waals surface area contributed by atoms with Crippen LogP contribution in [0.2, 0.25) is 0 Å². The van der Waals surface area contributed by atoms with Crippen LogP contribution in [0.25, 0.3) is 0 Å². The van der Waals surface area contributed by atoms with Gasteiger partial charge in [0.1, 0.15) is 0 Å². The van der Waals surface area contributed by atoms with Gasteiger partial charge in [0.05, 0.1) is 0 Å². The van der Waals surface area contributed by atoms with Crippen molar-refractivity contribution >= 4 is 0 Å². The molecule has 0 aromatic heterocycles. The Balaban J connectivity index is 1.12. The summed E-state index contributed by atoms with van der Waals surface area (Å²) in [7, 11) is 0. The van der Waals surface area contributed by atoms with E-state index in [0.29, 0.717) is 6.04 Å². The van der Waals surface area contributed by atoms with Gasteiger partial charge in [-0.1, -0.05) is 60.7 Å². The van der Waals surface area contributed by atoms with Crippen molar-refractivity contribution in [2.75, 3.05) is 39.3 Å². The first-order valence-electron chi connectivity index (χ1n) is 11.6. The summed E-state index contributed by atoms with van der Waals surface area (Å²) in [5.41, 5.74) is 2.93. The van der Waals surface area contributed by atoms with Crippen LogP contribution < -0.4 is 5.32 Å². The Morgan fingerprint density at radius 1 is 0.793 bits per heavy atom. The molecule has 3 nitrogen and oxygen atoms in total. The number of hydrogen-bond acceptors (Lipinski definition) is 3. The van der Waals surface area contributed by atoms with Gasteiger partial charge in [0, 0.05) is 45.3 Å². The number of rotatable bonds is 9. The molecule has 2 saturated heterocycles. The Labute approximate surface area is 177 Å². The van der Waals surface area contributed by atoms with Gasteiger partial charge in [-0.2, -0.15) is 0 Å². The minimum Gasteiger partial charge on any atom is -0.311 e. The molecule has 2 heterocycles. The Hall–Kier alpha value is -1.68. The van der Waals surface area contributed by atoms with E-state index < -0.39 is 0 Å². The largest absolute Gasteiger partial charge is 0.311 e. The molecule has 29 heavy (non-hydrogen) atoms. The highest BCUT2D eigenvalue weighted by Crippen LogP contribution is 2.21. The second-order valence-corrected chi connectivity index (χ2v) is 8.99. The van der Waals surface area contributed by atoms with Crippen molar-refractivity contribution in [3.8, 4) is 0 Å². The highest BCUT2D eigenvalue weighted by molar-refractivity contribution is 5.15. The number of benzene rings is 2. The Morgan fingerprint density at radius 3 is 2.34 bits per heavy atom. The quantitative estimate of drug-likeness (QED) is 0.691. The van der Waals surface area contributed by atoms with Gasteiger partial charge in [-0.25, -0.2) is 0 Å². The van der Waals surface area contributed by atoms with Crippen LogP contribution in [0.1, 0.15) is 36.8 Å². The normalized spacial score (nSPS) is 23.4. The summed E-state index contributed by atoms with van der Waals surface area (Å²) >= 11 is 0. The lowest BCUT2D eigenvalue weighted by molar-refractivity contribution is 0.168. The van der Waals surface area contributed by atoms with Gasteiger partial charge >= 0.3 is 0 Å². The van der Waals surface area contributed by atoms with Crippen molar-refractivity contribution in [2.24, 2.45) is 5.92 Å². The fourth-order valence-electron chi connectivity index (χ4n) is 5.02. The van der Waals surface area contributed by atoms with Crippen LogP contribution in [0, 0.1) is 5.92 Å². The number of nitrogens with one attached hydrogen (secondary N) is 1. The number of piperidine rings is 1. The predicted molar refractivity (Wildman–Crippen MR) is 122 cm³/mol.